The number of halogens is 1. The number of fused-ring (bicyclic) bond motifs is 1. The summed E-state index contributed by atoms with van der Waals surface area (Å²) in [5.74, 6) is -1.38. The van der Waals surface area contributed by atoms with Crippen molar-refractivity contribution in [3.05, 3.63) is 57.4 Å². The molecule has 0 fully saturated rings. The summed E-state index contributed by atoms with van der Waals surface area (Å²) in [6, 6.07) is 7.42. The molecule has 1 aliphatic carbocycles. The summed E-state index contributed by atoms with van der Waals surface area (Å²) in [6.07, 6.45) is 0.904. The van der Waals surface area contributed by atoms with Crippen molar-refractivity contribution in [2.24, 2.45) is 0 Å². The van der Waals surface area contributed by atoms with Crippen molar-refractivity contribution in [3.63, 3.8) is 0 Å². The number of aromatic nitrogens is 1. The van der Waals surface area contributed by atoms with E-state index in [0.29, 0.717) is 34.7 Å². The first-order valence-corrected chi connectivity index (χ1v) is 7.07. The minimum atomic E-state index is -1.29. The number of aromatic amines is 1. The minimum Gasteiger partial charge on any atom is -0.543 e. The molecule has 3 rings (SSSR count). The molecule has 0 radical (unpaired) electrons. The van der Waals surface area contributed by atoms with Gasteiger partial charge in [0.1, 0.15) is 0 Å². The van der Waals surface area contributed by atoms with Gasteiger partial charge in [-0.15, -0.1) is 0 Å². The lowest BCUT2D eigenvalue weighted by Gasteiger charge is -2.22. The number of H-pyrrole nitrogens is 1. The van der Waals surface area contributed by atoms with Crippen LogP contribution in [0.3, 0.4) is 0 Å². The minimum absolute atomic E-state index is 0.00633. The van der Waals surface area contributed by atoms with Crippen molar-refractivity contribution in [3.8, 4) is 0 Å². The van der Waals surface area contributed by atoms with Crippen LogP contribution in [0.4, 0.5) is 0 Å². The maximum Gasteiger partial charge on any atom is 0.165 e. The molecule has 0 unspecified atom stereocenters. The lowest BCUT2D eigenvalue weighted by atomic mass is 9.81. The predicted octanol–water partition coefficient (Wildman–Crippen LogP) is 2.25. The third-order valence-electron chi connectivity index (χ3n) is 4.04. The van der Waals surface area contributed by atoms with Gasteiger partial charge in [-0.25, -0.2) is 0 Å². The predicted molar refractivity (Wildman–Crippen MR) is 76.7 cm³/mol. The number of ketones is 1. The molecule has 1 heterocycles. The molecular weight excluding hydrogens is 290 g/mol. The standard InChI is InChI=1S/C16H14ClNO3/c1-8-14-12(18-15(8)16(20)21)6-9(7-13(14)19)10-4-2-3-5-11(10)17/h2-5,9,18H,6-7H2,1H3,(H,20,21)/p-1/t9-/m0/s1. The van der Waals surface area contributed by atoms with Gasteiger partial charge in [-0.1, -0.05) is 29.8 Å². The molecule has 1 atom stereocenters. The van der Waals surface area contributed by atoms with Crippen molar-refractivity contribution in [2.75, 3.05) is 0 Å². The molecule has 0 bridgehead atoms. The van der Waals surface area contributed by atoms with Gasteiger partial charge in [0, 0.05) is 22.7 Å². The zero-order chi connectivity index (χ0) is 15.1. The van der Waals surface area contributed by atoms with Crippen LogP contribution >= 0.6 is 11.6 Å². The van der Waals surface area contributed by atoms with E-state index in [2.05, 4.69) is 4.98 Å². The third kappa shape index (κ3) is 2.25. The van der Waals surface area contributed by atoms with Gasteiger partial charge in [0.2, 0.25) is 0 Å². The Hall–Kier alpha value is -2.07. The van der Waals surface area contributed by atoms with E-state index in [4.69, 9.17) is 11.6 Å². The van der Waals surface area contributed by atoms with Crippen LogP contribution in [0.25, 0.3) is 0 Å². The first-order chi connectivity index (χ1) is 9.99. The second kappa shape index (κ2) is 5.04. The van der Waals surface area contributed by atoms with Crippen LogP contribution < -0.4 is 5.11 Å². The highest BCUT2D eigenvalue weighted by Crippen LogP contribution is 2.37. The Morgan fingerprint density at radius 3 is 2.71 bits per heavy atom. The Bertz CT molecular complexity index is 748. The second-order valence-electron chi connectivity index (χ2n) is 5.32. The fraction of sp³-hybridized carbons (Fsp3) is 0.250. The van der Waals surface area contributed by atoms with Crippen LogP contribution in [0.15, 0.2) is 24.3 Å². The van der Waals surface area contributed by atoms with Gasteiger partial charge in [-0.3, -0.25) is 4.79 Å². The molecule has 0 saturated heterocycles. The molecule has 1 aliphatic rings. The summed E-state index contributed by atoms with van der Waals surface area (Å²) in [4.78, 5) is 26.3. The van der Waals surface area contributed by atoms with Crippen molar-refractivity contribution >= 4 is 23.4 Å². The van der Waals surface area contributed by atoms with Crippen LogP contribution in [0.2, 0.25) is 5.02 Å². The molecule has 0 spiro atoms. The van der Waals surface area contributed by atoms with Crippen LogP contribution in [0, 0.1) is 6.92 Å². The van der Waals surface area contributed by atoms with Crippen molar-refractivity contribution < 1.29 is 14.7 Å². The Morgan fingerprint density at radius 1 is 1.33 bits per heavy atom. The number of carbonyl (C=O) groups is 2. The summed E-state index contributed by atoms with van der Waals surface area (Å²) in [7, 11) is 0. The van der Waals surface area contributed by atoms with Gasteiger partial charge in [-0.2, -0.15) is 0 Å². The SMILES string of the molecule is Cc1c(C(=O)[O-])[nH]c2c1C(=O)C[C@@H](c1ccccc1Cl)C2. The molecule has 4 nitrogen and oxygen atoms in total. The number of benzene rings is 1. The summed E-state index contributed by atoms with van der Waals surface area (Å²) >= 11 is 6.19. The van der Waals surface area contributed by atoms with Gasteiger partial charge in [0.15, 0.2) is 5.78 Å². The molecule has 0 saturated carbocycles. The normalized spacial score (nSPS) is 17.6. The quantitative estimate of drug-likeness (QED) is 0.924. The Balaban J connectivity index is 2.04. The van der Waals surface area contributed by atoms with Gasteiger partial charge in [0.05, 0.1) is 11.7 Å². The topological polar surface area (TPSA) is 73.0 Å². The molecule has 5 heteroatoms. The zero-order valence-corrected chi connectivity index (χ0v) is 12.2. The monoisotopic (exact) mass is 302 g/mol. The van der Waals surface area contributed by atoms with E-state index < -0.39 is 5.97 Å². The summed E-state index contributed by atoms with van der Waals surface area (Å²) in [5.41, 5.74) is 2.53. The Labute approximate surface area is 126 Å². The first-order valence-electron chi connectivity index (χ1n) is 6.69. The number of hydrogen-bond donors (Lipinski definition) is 1. The number of Topliss-reactive ketones (excluding diaryl/α,β-unsaturated/α-hetero) is 1. The van der Waals surface area contributed by atoms with Gasteiger partial charge in [0.25, 0.3) is 0 Å². The number of hydrogen-bond acceptors (Lipinski definition) is 3. The number of aromatic carboxylic acids is 1. The smallest absolute Gasteiger partial charge is 0.165 e. The van der Waals surface area contributed by atoms with Crippen LogP contribution in [-0.4, -0.2) is 16.7 Å². The van der Waals surface area contributed by atoms with E-state index in [1.807, 2.05) is 18.2 Å². The number of carbonyl (C=O) groups excluding carboxylic acids is 2. The fourth-order valence-corrected chi connectivity index (χ4v) is 3.35. The maximum atomic E-state index is 12.4. The Kier molecular flexibility index (Phi) is 3.33. The molecule has 21 heavy (non-hydrogen) atoms. The number of carboxylic acids is 1. The number of carboxylic acid groups (broad SMARTS) is 1. The first kappa shape index (κ1) is 13.9. The lowest BCUT2D eigenvalue weighted by Crippen LogP contribution is -2.23. The molecule has 1 aromatic heterocycles. The van der Waals surface area contributed by atoms with Gasteiger partial charge in [-0.05, 0) is 36.5 Å². The van der Waals surface area contributed by atoms with Crippen LogP contribution in [-0.2, 0) is 6.42 Å². The largest absolute Gasteiger partial charge is 0.543 e. The van der Waals surface area contributed by atoms with Gasteiger partial charge >= 0.3 is 0 Å². The van der Waals surface area contributed by atoms with E-state index in [1.165, 1.54) is 0 Å². The summed E-state index contributed by atoms with van der Waals surface area (Å²) in [5, 5.41) is 11.7. The average Bonchev–Trinajstić information content (AvgIpc) is 2.77. The van der Waals surface area contributed by atoms with E-state index in [-0.39, 0.29) is 17.4 Å². The number of nitrogens with one attached hydrogen (secondary N) is 1. The van der Waals surface area contributed by atoms with E-state index in [1.54, 1.807) is 13.0 Å². The highest BCUT2D eigenvalue weighted by molar-refractivity contribution is 6.31. The number of rotatable bonds is 2. The molecule has 0 amide bonds. The average molecular weight is 303 g/mol. The van der Waals surface area contributed by atoms with Crippen LogP contribution in [0.5, 0.6) is 0 Å². The van der Waals surface area contributed by atoms with E-state index in [9.17, 15) is 14.7 Å². The molecular formula is C16H13ClNO3-. The lowest BCUT2D eigenvalue weighted by molar-refractivity contribution is -0.255. The second-order valence-corrected chi connectivity index (χ2v) is 5.72. The molecule has 2 aromatic rings. The summed E-state index contributed by atoms with van der Waals surface area (Å²) in [6.45, 7) is 1.63. The zero-order valence-electron chi connectivity index (χ0n) is 11.4. The van der Waals surface area contributed by atoms with Crippen molar-refractivity contribution in [1.82, 2.24) is 4.98 Å². The Morgan fingerprint density at radius 2 is 2.05 bits per heavy atom. The molecule has 108 valence electrons. The maximum absolute atomic E-state index is 12.4. The third-order valence-corrected chi connectivity index (χ3v) is 4.38. The van der Waals surface area contributed by atoms with Crippen LogP contribution in [0.1, 0.15) is 50.0 Å². The van der Waals surface area contributed by atoms with E-state index >= 15 is 0 Å². The molecule has 0 aliphatic heterocycles. The summed E-state index contributed by atoms with van der Waals surface area (Å²) < 4.78 is 0. The fourth-order valence-electron chi connectivity index (χ4n) is 3.06. The highest BCUT2D eigenvalue weighted by atomic mass is 35.5. The van der Waals surface area contributed by atoms with Crippen molar-refractivity contribution in [2.45, 2.75) is 25.7 Å². The molecule has 1 aromatic carbocycles. The highest BCUT2D eigenvalue weighted by Gasteiger charge is 2.31. The van der Waals surface area contributed by atoms with Gasteiger partial charge < -0.3 is 14.9 Å². The van der Waals surface area contributed by atoms with Crippen molar-refractivity contribution in [1.29, 1.82) is 0 Å². The molecule has 1 N–H and O–H groups in total. The van der Waals surface area contributed by atoms with E-state index in [0.717, 1.165) is 5.56 Å².